The van der Waals surface area contributed by atoms with Crippen LogP contribution in [0.4, 0.5) is 0 Å². The van der Waals surface area contributed by atoms with E-state index in [2.05, 4.69) is 43.9 Å². The predicted octanol–water partition coefficient (Wildman–Crippen LogP) is 3.25. The summed E-state index contributed by atoms with van der Waals surface area (Å²) in [5.74, 6) is 0.558. The minimum absolute atomic E-state index is 0.558. The van der Waals surface area contributed by atoms with Crippen molar-refractivity contribution >= 4 is 0 Å². The van der Waals surface area contributed by atoms with Crippen molar-refractivity contribution in [1.82, 2.24) is 0 Å². The molecule has 0 aliphatic heterocycles. The van der Waals surface area contributed by atoms with Crippen LogP contribution in [-0.2, 0) is 0 Å². The van der Waals surface area contributed by atoms with E-state index in [1.807, 2.05) is 6.08 Å². The molecule has 0 saturated heterocycles. The van der Waals surface area contributed by atoms with Gasteiger partial charge in [-0.25, -0.2) is 0 Å². The fourth-order valence-corrected chi connectivity index (χ4v) is 1.31. The quantitative estimate of drug-likeness (QED) is 0.524. The van der Waals surface area contributed by atoms with Gasteiger partial charge in [0.2, 0.25) is 0 Å². The van der Waals surface area contributed by atoms with Crippen LogP contribution in [0, 0.1) is 5.92 Å². The Morgan fingerprint density at radius 3 is 2.82 bits per heavy atom. The van der Waals surface area contributed by atoms with Crippen molar-refractivity contribution < 1.29 is 0 Å². The van der Waals surface area contributed by atoms with Crippen molar-refractivity contribution in [2.45, 2.75) is 13.3 Å². The van der Waals surface area contributed by atoms with Gasteiger partial charge in [0, 0.05) is 5.92 Å². The number of hydrogen-bond donors (Lipinski definition) is 0. The molecule has 0 aromatic carbocycles. The first-order valence-corrected chi connectivity index (χ1v) is 4.00. The smallest absolute Gasteiger partial charge is 0.00522 e. The van der Waals surface area contributed by atoms with Crippen molar-refractivity contribution in [1.29, 1.82) is 0 Å². The van der Waals surface area contributed by atoms with E-state index in [0.717, 1.165) is 6.42 Å². The van der Waals surface area contributed by atoms with Crippen LogP contribution < -0.4 is 0 Å². The van der Waals surface area contributed by atoms with E-state index in [4.69, 9.17) is 0 Å². The highest BCUT2D eigenvalue weighted by atomic mass is 14.1. The SMILES string of the molecule is C=C/C(=C\C)C1C=CC=CC1. The van der Waals surface area contributed by atoms with Crippen LogP contribution in [0.15, 0.2) is 48.6 Å². The third kappa shape index (κ3) is 1.94. The molecule has 0 aromatic rings. The second-order valence-corrected chi connectivity index (χ2v) is 2.65. The Hall–Kier alpha value is -1.04. The van der Waals surface area contributed by atoms with Crippen molar-refractivity contribution in [2.24, 2.45) is 5.92 Å². The summed E-state index contributed by atoms with van der Waals surface area (Å²) in [6, 6.07) is 0. The number of rotatable bonds is 2. The first kappa shape index (κ1) is 8.06. The molecule has 58 valence electrons. The Kier molecular flexibility index (Phi) is 2.91. The van der Waals surface area contributed by atoms with Gasteiger partial charge in [-0.2, -0.15) is 0 Å². The van der Waals surface area contributed by atoms with Crippen LogP contribution in [0.3, 0.4) is 0 Å². The highest BCUT2D eigenvalue weighted by Gasteiger charge is 2.06. The van der Waals surface area contributed by atoms with Crippen molar-refractivity contribution in [2.75, 3.05) is 0 Å². The summed E-state index contributed by atoms with van der Waals surface area (Å²) in [5, 5.41) is 0. The van der Waals surface area contributed by atoms with E-state index < -0.39 is 0 Å². The molecule has 0 amide bonds. The van der Waals surface area contributed by atoms with Gasteiger partial charge in [-0.3, -0.25) is 0 Å². The molecule has 0 radical (unpaired) electrons. The van der Waals surface area contributed by atoms with Gasteiger partial charge in [-0.05, 0) is 18.9 Å². The lowest BCUT2D eigenvalue weighted by molar-refractivity contribution is 0.785. The van der Waals surface area contributed by atoms with E-state index in [-0.39, 0.29) is 0 Å². The van der Waals surface area contributed by atoms with E-state index in [1.165, 1.54) is 5.57 Å². The van der Waals surface area contributed by atoms with Crippen molar-refractivity contribution in [3.63, 3.8) is 0 Å². The average molecular weight is 146 g/mol. The summed E-state index contributed by atoms with van der Waals surface area (Å²) in [6.07, 6.45) is 13.8. The fraction of sp³-hybridized carbons (Fsp3) is 0.273. The first-order valence-electron chi connectivity index (χ1n) is 4.00. The zero-order chi connectivity index (χ0) is 8.10. The molecule has 0 fully saturated rings. The van der Waals surface area contributed by atoms with Crippen LogP contribution in [0.2, 0.25) is 0 Å². The van der Waals surface area contributed by atoms with Gasteiger partial charge in [0.15, 0.2) is 0 Å². The highest BCUT2D eigenvalue weighted by Crippen LogP contribution is 2.20. The van der Waals surface area contributed by atoms with Gasteiger partial charge in [0.25, 0.3) is 0 Å². The Labute approximate surface area is 68.6 Å². The summed E-state index contributed by atoms with van der Waals surface area (Å²) in [4.78, 5) is 0. The maximum absolute atomic E-state index is 3.78. The summed E-state index contributed by atoms with van der Waals surface area (Å²) < 4.78 is 0. The topological polar surface area (TPSA) is 0 Å². The van der Waals surface area contributed by atoms with Crippen molar-refractivity contribution in [3.05, 3.63) is 48.6 Å². The summed E-state index contributed by atoms with van der Waals surface area (Å²) in [7, 11) is 0. The van der Waals surface area contributed by atoms with Crippen LogP contribution in [-0.4, -0.2) is 0 Å². The lowest BCUT2D eigenvalue weighted by atomic mass is 9.92. The Bertz CT molecular complexity index is 216. The Morgan fingerprint density at radius 1 is 1.55 bits per heavy atom. The zero-order valence-corrected chi connectivity index (χ0v) is 6.96. The Morgan fingerprint density at radius 2 is 2.36 bits per heavy atom. The largest absolute Gasteiger partial charge is 0.0988 e. The van der Waals surface area contributed by atoms with E-state index in [9.17, 15) is 0 Å². The van der Waals surface area contributed by atoms with Gasteiger partial charge in [-0.1, -0.05) is 43.0 Å². The number of allylic oxidation sites excluding steroid dienone is 7. The minimum atomic E-state index is 0.558. The van der Waals surface area contributed by atoms with Crippen LogP contribution in [0.1, 0.15) is 13.3 Å². The zero-order valence-electron chi connectivity index (χ0n) is 6.96. The molecule has 11 heavy (non-hydrogen) atoms. The number of hydrogen-bond acceptors (Lipinski definition) is 0. The highest BCUT2D eigenvalue weighted by molar-refractivity contribution is 5.27. The molecule has 1 atom stereocenters. The molecular weight excluding hydrogens is 132 g/mol. The van der Waals surface area contributed by atoms with Gasteiger partial charge < -0.3 is 0 Å². The van der Waals surface area contributed by atoms with Crippen molar-refractivity contribution in [3.8, 4) is 0 Å². The normalized spacial score (nSPS) is 23.7. The standard InChI is InChI=1S/C11H14/c1-3-10(4-2)11-8-6-5-7-9-11/h3-8,11H,1,9H2,2H3/b10-4+. The van der Waals surface area contributed by atoms with Gasteiger partial charge in [0.05, 0.1) is 0 Å². The van der Waals surface area contributed by atoms with Gasteiger partial charge in [-0.15, -0.1) is 0 Å². The predicted molar refractivity (Wildman–Crippen MR) is 50.3 cm³/mol. The second kappa shape index (κ2) is 3.97. The molecule has 1 rings (SSSR count). The summed E-state index contributed by atoms with van der Waals surface area (Å²) >= 11 is 0. The molecule has 0 N–H and O–H groups in total. The third-order valence-corrected chi connectivity index (χ3v) is 1.98. The Balaban J connectivity index is 2.68. The molecule has 1 unspecified atom stereocenters. The molecule has 0 nitrogen and oxygen atoms in total. The molecule has 0 heterocycles. The molecule has 0 heteroatoms. The fourth-order valence-electron chi connectivity index (χ4n) is 1.31. The average Bonchev–Trinajstić information content (AvgIpc) is 2.09. The van der Waals surface area contributed by atoms with Crippen LogP contribution in [0.5, 0.6) is 0 Å². The van der Waals surface area contributed by atoms with Crippen LogP contribution in [0.25, 0.3) is 0 Å². The monoisotopic (exact) mass is 146 g/mol. The molecule has 1 aliphatic rings. The van der Waals surface area contributed by atoms with Crippen LogP contribution >= 0.6 is 0 Å². The van der Waals surface area contributed by atoms with Gasteiger partial charge in [0.1, 0.15) is 0 Å². The molecule has 0 aromatic heterocycles. The molecule has 0 bridgehead atoms. The summed E-state index contributed by atoms with van der Waals surface area (Å²) in [5.41, 5.74) is 1.32. The third-order valence-electron chi connectivity index (χ3n) is 1.98. The van der Waals surface area contributed by atoms with E-state index >= 15 is 0 Å². The first-order chi connectivity index (χ1) is 5.38. The lowest BCUT2D eigenvalue weighted by Gasteiger charge is -2.13. The second-order valence-electron chi connectivity index (χ2n) is 2.65. The molecule has 0 saturated carbocycles. The van der Waals surface area contributed by atoms with E-state index in [1.54, 1.807) is 0 Å². The van der Waals surface area contributed by atoms with Gasteiger partial charge >= 0.3 is 0 Å². The maximum atomic E-state index is 3.78. The minimum Gasteiger partial charge on any atom is -0.0988 e. The maximum Gasteiger partial charge on any atom is 0.00522 e. The lowest BCUT2D eigenvalue weighted by Crippen LogP contribution is -1.99. The molecule has 0 spiro atoms. The summed E-state index contributed by atoms with van der Waals surface area (Å²) in [6.45, 7) is 5.84. The molecular formula is C11H14. The van der Waals surface area contributed by atoms with E-state index in [0.29, 0.717) is 5.92 Å². The molecule has 1 aliphatic carbocycles.